The molecule has 4 rings (SSSR count). The molecule has 3 amide bonds. The van der Waals surface area contributed by atoms with Crippen molar-refractivity contribution in [3.05, 3.63) is 90.7 Å². The summed E-state index contributed by atoms with van der Waals surface area (Å²) in [6.07, 6.45) is 2.19. The summed E-state index contributed by atoms with van der Waals surface area (Å²) in [6, 6.07) is 15.0. The predicted octanol–water partition coefficient (Wildman–Crippen LogP) is 7.98. The first-order valence-electron chi connectivity index (χ1n) is 13.4. The van der Waals surface area contributed by atoms with Gasteiger partial charge in [0.25, 0.3) is 11.1 Å². The molecule has 1 aliphatic heterocycles. The van der Waals surface area contributed by atoms with Crippen LogP contribution >= 0.6 is 50.9 Å². The summed E-state index contributed by atoms with van der Waals surface area (Å²) in [6.45, 7) is 4.04. The normalized spacial score (nSPS) is 13.8. The molecule has 0 bridgehead atoms. The molecule has 3 aromatic rings. The van der Waals surface area contributed by atoms with Crippen LogP contribution in [-0.4, -0.2) is 47.7 Å². The van der Waals surface area contributed by atoms with Gasteiger partial charge in [0.15, 0.2) is 11.5 Å². The lowest BCUT2D eigenvalue weighted by atomic mass is 10.1. The van der Waals surface area contributed by atoms with Gasteiger partial charge in [-0.25, -0.2) is 4.79 Å². The van der Waals surface area contributed by atoms with Crippen molar-refractivity contribution in [3.63, 3.8) is 0 Å². The monoisotopic (exact) mass is 720 g/mol. The Bertz CT molecular complexity index is 1620. The third-order valence-electron chi connectivity index (χ3n) is 6.01. The summed E-state index contributed by atoms with van der Waals surface area (Å²) in [5, 5.41) is 2.79. The van der Waals surface area contributed by atoms with Crippen molar-refractivity contribution in [2.75, 3.05) is 25.1 Å². The van der Waals surface area contributed by atoms with Crippen LogP contribution in [0.4, 0.5) is 10.5 Å². The molecule has 1 fully saturated rings. The van der Waals surface area contributed by atoms with Gasteiger partial charge in [0.05, 0.1) is 33.2 Å². The number of benzene rings is 3. The number of carbonyl (C=O) groups excluding carboxylic acids is 4. The molecule has 1 N–H and O–H groups in total. The number of ether oxygens (including phenoxy) is 3. The lowest BCUT2D eigenvalue weighted by Gasteiger charge is -2.15. The maximum atomic E-state index is 13.1. The molecule has 0 radical (unpaired) electrons. The molecule has 1 aliphatic rings. The Morgan fingerprint density at radius 3 is 2.48 bits per heavy atom. The molecule has 0 unspecified atom stereocenters. The second-order valence-corrected chi connectivity index (χ2v) is 12.0. The number of halogens is 3. The molecule has 3 aromatic carbocycles. The first kappa shape index (κ1) is 33.4. The van der Waals surface area contributed by atoms with Crippen LogP contribution in [0.3, 0.4) is 0 Å². The van der Waals surface area contributed by atoms with E-state index in [9.17, 15) is 19.2 Å². The lowest BCUT2D eigenvalue weighted by Crippen LogP contribution is -2.36. The summed E-state index contributed by atoms with van der Waals surface area (Å²) in [5.41, 5.74) is 1.84. The number of nitrogens with zero attached hydrogens (tertiary/aromatic N) is 1. The van der Waals surface area contributed by atoms with Gasteiger partial charge in [-0.1, -0.05) is 42.3 Å². The molecule has 0 atom stereocenters. The van der Waals surface area contributed by atoms with E-state index in [4.69, 9.17) is 37.4 Å². The van der Waals surface area contributed by atoms with Crippen molar-refractivity contribution in [1.29, 1.82) is 0 Å². The zero-order valence-electron chi connectivity index (χ0n) is 23.7. The summed E-state index contributed by atoms with van der Waals surface area (Å²) in [4.78, 5) is 51.8. The zero-order valence-corrected chi connectivity index (χ0v) is 27.6. The number of imide groups is 1. The standard InChI is InChI=1S/C31H27BrCl2N2O7S/c1-3-11-42-30(39)22-15-21(9-10-24(22)34)35-27(37)16-36-29(38)26(44-31(36)40)14-19-12-23(32)28(25(13-19)41-4-2)43-17-18-5-7-20(33)8-6-18/h5-10,12-15H,3-4,11,16-17H2,1-2H3,(H,35,37)/b26-14+. The predicted molar refractivity (Wildman–Crippen MR) is 174 cm³/mol. The minimum Gasteiger partial charge on any atom is -0.490 e. The molecular weight excluding hydrogens is 695 g/mol. The van der Waals surface area contributed by atoms with Gasteiger partial charge in [-0.05, 0) is 101 Å². The van der Waals surface area contributed by atoms with Gasteiger partial charge in [-0.2, -0.15) is 0 Å². The quantitative estimate of drug-likeness (QED) is 0.148. The highest BCUT2D eigenvalue weighted by atomic mass is 79.9. The molecule has 1 heterocycles. The van der Waals surface area contributed by atoms with E-state index in [1.807, 2.05) is 26.0 Å². The minimum absolute atomic E-state index is 0.0889. The van der Waals surface area contributed by atoms with Gasteiger partial charge in [0.2, 0.25) is 5.91 Å². The van der Waals surface area contributed by atoms with Crippen molar-refractivity contribution in [1.82, 2.24) is 4.90 Å². The smallest absolute Gasteiger partial charge is 0.339 e. The van der Waals surface area contributed by atoms with Crippen molar-refractivity contribution >= 4 is 85.7 Å². The van der Waals surface area contributed by atoms with Crippen molar-refractivity contribution in [2.45, 2.75) is 26.9 Å². The van der Waals surface area contributed by atoms with Crippen molar-refractivity contribution < 1.29 is 33.4 Å². The lowest BCUT2D eigenvalue weighted by molar-refractivity contribution is -0.127. The van der Waals surface area contributed by atoms with Crippen molar-refractivity contribution in [3.8, 4) is 11.5 Å². The van der Waals surface area contributed by atoms with Crippen LogP contribution in [-0.2, 0) is 20.9 Å². The van der Waals surface area contributed by atoms with Gasteiger partial charge in [0, 0.05) is 10.7 Å². The highest BCUT2D eigenvalue weighted by Gasteiger charge is 2.36. The van der Waals surface area contributed by atoms with Crippen LogP contribution in [0.1, 0.15) is 41.8 Å². The molecule has 0 spiro atoms. The van der Waals surface area contributed by atoms with Gasteiger partial charge < -0.3 is 19.5 Å². The molecule has 13 heteroatoms. The second kappa shape index (κ2) is 15.5. The highest BCUT2D eigenvalue weighted by molar-refractivity contribution is 9.10. The van der Waals surface area contributed by atoms with Crippen LogP contribution in [0.2, 0.25) is 10.0 Å². The minimum atomic E-state index is -0.632. The zero-order chi connectivity index (χ0) is 31.8. The molecule has 9 nitrogen and oxygen atoms in total. The van der Waals surface area contributed by atoms with Crippen LogP contribution in [0.15, 0.2) is 64.0 Å². The maximum absolute atomic E-state index is 13.1. The van der Waals surface area contributed by atoms with Gasteiger partial charge in [-0.15, -0.1) is 0 Å². The Hall–Kier alpha value is -3.51. The summed E-state index contributed by atoms with van der Waals surface area (Å²) in [5.74, 6) is -0.946. The number of nitrogens with one attached hydrogen (secondary N) is 1. The number of hydrogen-bond donors (Lipinski definition) is 1. The third kappa shape index (κ3) is 8.56. The van der Waals surface area contributed by atoms with E-state index < -0.39 is 29.6 Å². The molecule has 1 saturated heterocycles. The Balaban J connectivity index is 1.45. The van der Waals surface area contributed by atoms with Crippen molar-refractivity contribution in [2.24, 2.45) is 0 Å². The topological polar surface area (TPSA) is 111 Å². The molecule has 0 aliphatic carbocycles. The van der Waals surface area contributed by atoms with Gasteiger partial charge in [-0.3, -0.25) is 19.3 Å². The number of thioether (sulfide) groups is 1. The molecular formula is C31H27BrCl2N2O7S. The number of anilines is 1. The molecule has 230 valence electrons. The summed E-state index contributed by atoms with van der Waals surface area (Å²) in [7, 11) is 0. The summed E-state index contributed by atoms with van der Waals surface area (Å²) >= 11 is 16.3. The Morgan fingerprint density at radius 2 is 1.77 bits per heavy atom. The number of carbonyl (C=O) groups is 4. The van der Waals surface area contributed by atoms with Gasteiger partial charge in [0.1, 0.15) is 13.2 Å². The number of esters is 1. The Morgan fingerprint density at radius 1 is 1.02 bits per heavy atom. The van der Waals surface area contributed by atoms with E-state index >= 15 is 0 Å². The number of rotatable bonds is 12. The van der Waals surface area contributed by atoms with Crippen LogP contribution in [0, 0.1) is 0 Å². The molecule has 0 saturated carbocycles. The fraction of sp³-hybridized carbons (Fsp3) is 0.226. The summed E-state index contributed by atoms with van der Waals surface area (Å²) < 4.78 is 17.5. The van der Waals surface area contributed by atoms with E-state index in [0.717, 1.165) is 22.2 Å². The average Bonchev–Trinajstić information content (AvgIpc) is 3.24. The van der Waals surface area contributed by atoms with E-state index in [2.05, 4.69) is 21.2 Å². The SMILES string of the molecule is CCCOC(=O)c1cc(NC(=O)CN2C(=O)S/C(=C/c3cc(Br)c(OCc4ccc(Cl)cc4)c(OCC)c3)C2=O)ccc1Cl. The second-order valence-electron chi connectivity index (χ2n) is 9.32. The van der Waals surface area contributed by atoms with Crippen LogP contribution in [0.25, 0.3) is 6.08 Å². The van der Waals surface area contributed by atoms with Gasteiger partial charge >= 0.3 is 5.97 Å². The Kier molecular flexibility index (Phi) is 11.7. The fourth-order valence-corrected chi connectivity index (χ4v) is 5.71. The van der Waals surface area contributed by atoms with Crippen LogP contribution < -0.4 is 14.8 Å². The molecule has 0 aromatic heterocycles. The highest BCUT2D eigenvalue weighted by Crippen LogP contribution is 2.40. The van der Waals surface area contributed by atoms with E-state index in [1.165, 1.54) is 18.2 Å². The maximum Gasteiger partial charge on any atom is 0.339 e. The van der Waals surface area contributed by atoms with E-state index in [1.54, 1.807) is 30.3 Å². The largest absolute Gasteiger partial charge is 0.490 e. The fourth-order valence-electron chi connectivity index (χ4n) is 3.97. The average molecular weight is 722 g/mol. The van der Waals surface area contributed by atoms with E-state index in [0.29, 0.717) is 39.6 Å². The number of hydrogen-bond acceptors (Lipinski definition) is 8. The van der Waals surface area contributed by atoms with E-state index in [-0.39, 0.29) is 34.4 Å². The number of amides is 3. The van der Waals surface area contributed by atoms with Crippen LogP contribution in [0.5, 0.6) is 11.5 Å². The first-order chi connectivity index (χ1) is 21.1. The third-order valence-corrected chi connectivity index (χ3v) is 8.09. The molecule has 44 heavy (non-hydrogen) atoms. The Labute approximate surface area is 276 Å². The first-order valence-corrected chi connectivity index (χ1v) is 15.8.